The van der Waals surface area contributed by atoms with E-state index in [2.05, 4.69) is 15.9 Å². The highest BCUT2D eigenvalue weighted by Gasteiger charge is 2.19. The van der Waals surface area contributed by atoms with Crippen molar-refractivity contribution in [2.24, 2.45) is 14.1 Å². The van der Waals surface area contributed by atoms with Gasteiger partial charge in [0.2, 0.25) is 0 Å². The highest BCUT2D eigenvalue weighted by atomic mass is 35.5. The highest BCUT2D eigenvalue weighted by molar-refractivity contribution is 6.30. The first kappa shape index (κ1) is 28.4. The molecule has 8 nitrogen and oxygen atoms in total. The molecule has 0 atom stereocenters. The van der Waals surface area contributed by atoms with E-state index in [-0.39, 0.29) is 17.7 Å². The summed E-state index contributed by atoms with van der Waals surface area (Å²) in [6, 6.07) is 15.1. The van der Waals surface area contributed by atoms with E-state index in [0.29, 0.717) is 10.8 Å². The second kappa shape index (κ2) is 12.5. The highest BCUT2D eigenvalue weighted by Crippen LogP contribution is 2.29. The number of carboxylic acids is 1. The lowest BCUT2D eigenvalue weighted by atomic mass is 9.92. The van der Waals surface area contributed by atoms with Crippen LogP contribution < -0.4 is 16.1 Å². The number of benzene rings is 2. The molecule has 4 rings (SSSR count). The number of hydrogen-bond donors (Lipinski definition) is 1. The van der Waals surface area contributed by atoms with Gasteiger partial charge in [0.05, 0.1) is 6.42 Å². The molecule has 9 heteroatoms. The van der Waals surface area contributed by atoms with Gasteiger partial charge in [0, 0.05) is 51.4 Å². The van der Waals surface area contributed by atoms with Crippen LogP contribution in [0.15, 0.2) is 64.2 Å². The van der Waals surface area contributed by atoms with Gasteiger partial charge in [-0.1, -0.05) is 48.0 Å². The zero-order chi connectivity index (χ0) is 28.1. The van der Waals surface area contributed by atoms with Crippen molar-refractivity contribution in [3.63, 3.8) is 0 Å². The predicted molar refractivity (Wildman–Crippen MR) is 156 cm³/mol. The molecular weight excluding hydrogens is 516 g/mol. The molecule has 39 heavy (non-hydrogen) atoms. The number of halogens is 1. The van der Waals surface area contributed by atoms with Crippen molar-refractivity contribution in [1.82, 2.24) is 14.0 Å². The molecule has 1 N–H and O–H groups in total. The lowest BCUT2D eigenvalue weighted by molar-refractivity contribution is -0.136. The summed E-state index contributed by atoms with van der Waals surface area (Å²) in [7, 11) is 3.20. The van der Waals surface area contributed by atoms with Crippen molar-refractivity contribution in [2.75, 3.05) is 37.6 Å². The van der Waals surface area contributed by atoms with Crippen LogP contribution in [0, 0.1) is 6.92 Å². The first-order valence-electron chi connectivity index (χ1n) is 13.2. The Balaban J connectivity index is 1.52. The molecule has 2 aromatic carbocycles. The standard InChI is InChI=1S/C30H35ClN4O4/c1-21-17-24(31)10-11-25(21)26(23-8-4-7-22(18-23)19-29(37)38)9-5-12-34-13-6-14-35(16-15-34)27-20-28(36)33(3)30(39)32(27)2/h4,7-11,17-18,20H,5-6,12-16,19H2,1-3H3,(H,37,38)/b26-9+. The third-order valence-electron chi connectivity index (χ3n) is 7.28. The molecule has 1 saturated heterocycles. The van der Waals surface area contributed by atoms with Crippen molar-refractivity contribution >= 4 is 29.0 Å². The molecular formula is C30H35ClN4O4. The number of aliphatic carboxylic acids is 1. The van der Waals surface area contributed by atoms with E-state index >= 15 is 0 Å². The number of hydrogen-bond acceptors (Lipinski definition) is 5. The molecule has 206 valence electrons. The minimum atomic E-state index is -0.855. The summed E-state index contributed by atoms with van der Waals surface area (Å²) in [5, 5.41) is 9.95. The zero-order valence-electron chi connectivity index (χ0n) is 22.7. The smallest absolute Gasteiger partial charge is 0.332 e. The number of nitrogens with zero attached hydrogens (tertiary/aromatic N) is 4. The van der Waals surface area contributed by atoms with E-state index in [1.807, 2.05) is 49.4 Å². The molecule has 0 bridgehead atoms. The van der Waals surface area contributed by atoms with E-state index in [9.17, 15) is 19.5 Å². The number of carboxylic acid groups (broad SMARTS) is 1. The average molecular weight is 551 g/mol. The van der Waals surface area contributed by atoms with Gasteiger partial charge in [-0.05, 0) is 66.3 Å². The summed E-state index contributed by atoms with van der Waals surface area (Å²) in [4.78, 5) is 40.5. The van der Waals surface area contributed by atoms with Crippen molar-refractivity contribution in [1.29, 1.82) is 0 Å². The number of carbonyl (C=O) groups is 1. The van der Waals surface area contributed by atoms with Crippen LogP contribution >= 0.6 is 11.6 Å². The molecule has 1 aromatic heterocycles. The van der Waals surface area contributed by atoms with Crippen LogP contribution in [0.5, 0.6) is 0 Å². The Morgan fingerprint density at radius 3 is 2.54 bits per heavy atom. The van der Waals surface area contributed by atoms with Crippen LogP contribution in [0.4, 0.5) is 5.82 Å². The normalized spacial score (nSPS) is 14.9. The maximum atomic E-state index is 12.4. The molecule has 2 heterocycles. The number of rotatable bonds is 8. The van der Waals surface area contributed by atoms with Crippen LogP contribution in [-0.4, -0.2) is 57.8 Å². The van der Waals surface area contributed by atoms with Crippen LogP contribution in [0.3, 0.4) is 0 Å². The topological polar surface area (TPSA) is 87.8 Å². The van der Waals surface area contributed by atoms with Crippen LogP contribution in [0.1, 0.15) is 35.1 Å². The maximum absolute atomic E-state index is 12.4. The Morgan fingerprint density at radius 1 is 1.00 bits per heavy atom. The van der Waals surface area contributed by atoms with Crippen LogP contribution in [-0.2, 0) is 25.3 Å². The zero-order valence-corrected chi connectivity index (χ0v) is 23.4. The van der Waals surface area contributed by atoms with Gasteiger partial charge in [-0.15, -0.1) is 0 Å². The molecule has 0 spiro atoms. The van der Waals surface area contributed by atoms with Gasteiger partial charge in [0.15, 0.2) is 0 Å². The fourth-order valence-electron chi connectivity index (χ4n) is 5.18. The Bertz CT molecular complexity index is 1510. The maximum Gasteiger partial charge on any atom is 0.332 e. The van der Waals surface area contributed by atoms with Gasteiger partial charge in [-0.3, -0.25) is 18.7 Å². The molecule has 0 aliphatic carbocycles. The summed E-state index contributed by atoms with van der Waals surface area (Å²) >= 11 is 6.23. The lowest BCUT2D eigenvalue weighted by Crippen LogP contribution is -2.41. The molecule has 1 fully saturated rings. The number of anilines is 1. The Hall–Kier alpha value is -3.62. The fourth-order valence-corrected chi connectivity index (χ4v) is 5.40. The summed E-state index contributed by atoms with van der Waals surface area (Å²) < 4.78 is 2.66. The van der Waals surface area contributed by atoms with Crippen LogP contribution in [0.2, 0.25) is 5.02 Å². The van der Waals surface area contributed by atoms with Gasteiger partial charge in [-0.2, -0.15) is 0 Å². The van der Waals surface area contributed by atoms with Crippen molar-refractivity contribution in [3.8, 4) is 0 Å². The molecule has 0 amide bonds. The van der Waals surface area contributed by atoms with Gasteiger partial charge >= 0.3 is 11.7 Å². The molecule has 0 saturated carbocycles. The number of aryl methyl sites for hydroxylation is 1. The third kappa shape index (κ3) is 6.88. The largest absolute Gasteiger partial charge is 0.481 e. The second-order valence-corrected chi connectivity index (χ2v) is 10.5. The average Bonchev–Trinajstić information content (AvgIpc) is 3.13. The molecule has 0 radical (unpaired) electrons. The second-order valence-electron chi connectivity index (χ2n) is 10.1. The summed E-state index contributed by atoms with van der Waals surface area (Å²) in [6.07, 6.45) is 3.94. The molecule has 1 aliphatic heterocycles. The van der Waals surface area contributed by atoms with Crippen molar-refractivity contribution in [2.45, 2.75) is 26.2 Å². The van der Waals surface area contributed by atoms with E-state index in [1.165, 1.54) is 7.05 Å². The molecule has 0 unspecified atom stereocenters. The van der Waals surface area contributed by atoms with Gasteiger partial charge in [-0.25, -0.2) is 4.79 Å². The van der Waals surface area contributed by atoms with E-state index < -0.39 is 5.97 Å². The van der Waals surface area contributed by atoms with Crippen molar-refractivity contribution in [3.05, 3.63) is 103 Å². The minimum absolute atomic E-state index is 0.0237. The summed E-state index contributed by atoms with van der Waals surface area (Å²) in [5.74, 6) is -0.196. The minimum Gasteiger partial charge on any atom is -0.481 e. The first-order chi connectivity index (χ1) is 18.6. The van der Waals surface area contributed by atoms with E-state index in [1.54, 1.807) is 17.7 Å². The summed E-state index contributed by atoms with van der Waals surface area (Å²) in [6.45, 7) is 6.13. The van der Waals surface area contributed by atoms with E-state index in [4.69, 9.17) is 11.6 Å². The van der Waals surface area contributed by atoms with Crippen LogP contribution in [0.25, 0.3) is 5.57 Å². The quantitative estimate of drug-likeness (QED) is 0.460. The number of aromatic nitrogens is 2. The SMILES string of the molecule is Cc1cc(Cl)ccc1/C(=C/CCN1CCCN(c2cc(=O)n(C)c(=O)n2C)CC1)c1cccc(CC(=O)O)c1. The Kier molecular flexibility index (Phi) is 9.09. The third-order valence-corrected chi connectivity index (χ3v) is 7.51. The molecule has 1 aliphatic rings. The Labute approximate surface area is 233 Å². The summed E-state index contributed by atoms with van der Waals surface area (Å²) in [5.41, 5.74) is 4.31. The lowest BCUT2D eigenvalue weighted by Gasteiger charge is -2.25. The monoisotopic (exact) mass is 550 g/mol. The van der Waals surface area contributed by atoms with Gasteiger partial charge in [0.25, 0.3) is 5.56 Å². The molecule has 3 aromatic rings. The first-order valence-corrected chi connectivity index (χ1v) is 13.5. The fraction of sp³-hybridized carbons (Fsp3) is 0.367. The van der Waals surface area contributed by atoms with Gasteiger partial charge in [0.1, 0.15) is 5.82 Å². The Morgan fingerprint density at radius 2 is 1.79 bits per heavy atom. The van der Waals surface area contributed by atoms with E-state index in [0.717, 1.165) is 78.0 Å². The van der Waals surface area contributed by atoms with Gasteiger partial charge < -0.3 is 14.9 Å². The van der Waals surface area contributed by atoms with Crippen molar-refractivity contribution < 1.29 is 9.90 Å². The predicted octanol–water partition coefficient (Wildman–Crippen LogP) is 3.71.